The largest absolute Gasteiger partial charge is 0.469 e. The number of ether oxygens (including phenoxy) is 2. The van der Waals surface area contributed by atoms with Gasteiger partial charge < -0.3 is 9.47 Å². The third-order valence-corrected chi connectivity index (χ3v) is 2.75. The Morgan fingerprint density at radius 3 is 2.38 bits per heavy atom. The molecule has 0 aromatic heterocycles. The van der Waals surface area contributed by atoms with Crippen LogP contribution in [0.3, 0.4) is 0 Å². The van der Waals surface area contributed by atoms with Gasteiger partial charge in [-0.3, -0.25) is 10.1 Å². The predicted octanol–water partition coefficient (Wildman–Crippen LogP) is 1.34. The van der Waals surface area contributed by atoms with E-state index in [4.69, 9.17) is 10.3 Å². The highest BCUT2D eigenvalue weighted by Gasteiger charge is 2.24. The molecule has 1 N–H and O–H groups in total. The average Bonchev–Trinajstić information content (AvgIpc) is 2.53. The van der Waals surface area contributed by atoms with E-state index in [0.717, 1.165) is 0 Å². The minimum Gasteiger partial charge on any atom is -0.469 e. The van der Waals surface area contributed by atoms with Crippen molar-refractivity contribution in [3.63, 3.8) is 0 Å². The van der Waals surface area contributed by atoms with Gasteiger partial charge in [-0.1, -0.05) is 35.4 Å². The Labute approximate surface area is 121 Å². The first-order valence-corrected chi connectivity index (χ1v) is 6.12. The number of benzene rings is 1. The molecule has 0 radical (unpaired) electrons. The van der Waals surface area contributed by atoms with Crippen molar-refractivity contribution in [2.45, 2.75) is 12.1 Å². The van der Waals surface area contributed by atoms with E-state index in [2.05, 4.69) is 20.1 Å². The number of rotatable bonds is 7. The maximum absolute atomic E-state index is 11.8. The molecule has 0 aliphatic heterocycles. The zero-order chi connectivity index (χ0) is 15.7. The molecule has 112 valence electrons. The summed E-state index contributed by atoms with van der Waals surface area (Å²) in [7, 11) is 2.46. The van der Waals surface area contributed by atoms with Crippen molar-refractivity contribution in [3.8, 4) is 0 Å². The van der Waals surface area contributed by atoms with E-state index >= 15 is 0 Å². The van der Waals surface area contributed by atoms with Crippen LogP contribution in [0.5, 0.6) is 0 Å². The molecule has 0 aliphatic rings. The highest BCUT2D eigenvalue weighted by molar-refractivity contribution is 5.78. The fraction of sp³-hybridized carbons (Fsp3) is 0.385. The van der Waals surface area contributed by atoms with Crippen molar-refractivity contribution >= 4 is 11.9 Å². The standard InChI is InChI=1S/C13H16N4O4/c1-20-12(18)10(16-17-14)8-15-11(13(19)21-2)9-6-4-3-5-7-9/h3-7,10-11,15H,8H2,1-2H3. The maximum atomic E-state index is 11.8. The number of nitrogens with one attached hydrogen (secondary N) is 1. The lowest BCUT2D eigenvalue weighted by Gasteiger charge is -2.18. The molecule has 0 fully saturated rings. The molecule has 2 atom stereocenters. The Hall–Kier alpha value is -2.57. The molecule has 0 heterocycles. The average molecular weight is 292 g/mol. The SMILES string of the molecule is COC(=O)C(CNC(C(=O)OC)c1ccccc1)N=[N+]=[N-]. The quantitative estimate of drug-likeness (QED) is 0.352. The molecule has 0 spiro atoms. The molecule has 2 unspecified atom stereocenters. The number of methoxy groups -OCH3 is 2. The van der Waals surface area contributed by atoms with Crippen LogP contribution in [-0.4, -0.2) is 38.7 Å². The lowest BCUT2D eigenvalue weighted by atomic mass is 10.1. The lowest BCUT2D eigenvalue weighted by molar-refractivity contribution is -0.145. The molecule has 1 aromatic carbocycles. The molecular weight excluding hydrogens is 276 g/mol. The number of azide groups is 1. The molecule has 0 aliphatic carbocycles. The summed E-state index contributed by atoms with van der Waals surface area (Å²) >= 11 is 0. The molecular formula is C13H16N4O4. The highest BCUT2D eigenvalue weighted by atomic mass is 16.5. The minimum atomic E-state index is -1.06. The number of nitrogens with zero attached hydrogens (tertiary/aromatic N) is 3. The first-order valence-electron chi connectivity index (χ1n) is 6.12. The van der Waals surface area contributed by atoms with Gasteiger partial charge in [0.15, 0.2) is 0 Å². The van der Waals surface area contributed by atoms with E-state index < -0.39 is 24.0 Å². The van der Waals surface area contributed by atoms with E-state index in [1.807, 2.05) is 6.07 Å². The van der Waals surface area contributed by atoms with Crippen LogP contribution in [0.15, 0.2) is 35.4 Å². The van der Waals surface area contributed by atoms with E-state index in [9.17, 15) is 9.59 Å². The summed E-state index contributed by atoms with van der Waals surface area (Å²) in [5.74, 6) is -1.19. The second-order valence-corrected chi connectivity index (χ2v) is 4.02. The molecule has 1 rings (SSSR count). The molecule has 0 saturated carbocycles. The van der Waals surface area contributed by atoms with Crippen LogP contribution in [0, 0.1) is 0 Å². The van der Waals surface area contributed by atoms with Crippen LogP contribution >= 0.6 is 0 Å². The summed E-state index contributed by atoms with van der Waals surface area (Å²) in [5.41, 5.74) is 9.12. The summed E-state index contributed by atoms with van der Waals surface area (Å²) in [6, 6.07) is 7.03. The number of hydrogen-bond donors (Lipinski definition) is 1. The second-order valence-electron chi connectivity index (χ2n) is 4.02. The van der Waals surface area contributed by atoms with Crippen molar-refractivity contribution in [1.82, 2.24) is 5.32 Å². The third-order valence-electron chi connectivity index (χ3n) is 2.75. The van der Waals surface area contributed by atoms with Gasteiger partial charge in [0.2, 0.25) is 0 Å². The summed E-state index contributed by atoms with van der Waals surface area (Å²) < 4.78 is 9.25. The first kappa shape index (κ1) is 16.5. The Morgan fingerprint density at radius 2 is 1.86 bits per heavy atom. The molecule has 0 bridgehead atoms. The fourth-order valence-corrected chi connectivity index (χ4v) is 1.70. The zero-order valence-electron chi connectivity index (χ0n) is 11.7. The van der Waals surface area contributed by atoms with Crippen LogP contribution in [0.25, 0.3) is 10.4 Å². The van der Waals surface area contributed by atoms with Crippen molar-refractivity contribution in [2.24, 2.45) is 5.11 Å². The minimum absolute atomic E-state index is 0.0502. The smallest absolute Gasteiger partial charge is 0.327 e. The van der Waals surface area contributed by atoms with Gasteiger partial charge in [-0.2, -0.15) is 0 Å². The van der Waals surface area contributed by atoms with E-state index in [-0.39, 0.29) is 6.54 Å². The maximum Gasteiger partial charge on any atom is 0.327 e. The molecule has 8 nitrogen and oxygen atoms in total. The molecule has 8 heteroatoms. The Kier molecular flexibility index (Phi) is 6.73. The second kappa shape index (κ2) is 8.57. The number of hydrogen-bond acceptors (Lipinski definition) is 6. The number of esters is 2. The van der Waals surface area contributed by atoms with Crippen molar-refractivity contribution in [1.29, 1.82) is 0 Å². The van der Waals surface area contributed by atoms with E-state index in [1.54, 1.807) is 24.3 Å². The fourth-order valence-electron chi connectivity index (χ4n) is 1.70. The Balaban J connectivity index is 2.85. The summed E-state index contributed by atoms with van der Waals surface area (Å²) in [6.45, 7) is -0.0502. The summed E-state index contributed by atoms with van der Waals surface area (Å²) in [4.78, 5) is 25.9. The van der Waals surface area contributed by atoms with Crippen LogP contribution in [0.1, 0.15) is 11.6 Å². The van der Waals surface area contributed by atoms with E-state index in [1.165, 1.54) is 14.2 Å². The van der Waals surface area contributed by atoms with Gasteiger partial charge in [0, 0.05) is 11.5 Å². The Morgan fingerprint density at radius 1 is 1.24 bits per heavy atom. The zero-order valence-corrected chi connectivity index (χ0v) is 11.7. The monoisotopic (exact) mass is 292 g/mol. The van der Waals surface area contributed by atoms with Gasteiger partial charge in [-0.05, 0) is 11.1 Å². The Bertz CT molecular complexity index is 528. The van der Waals surface area contributed by atoms with Gasteiger partial charge >= 0.3 is 11.9 Å². The molecule has 21 heavy (non-hydrogen) atoms. The normalized spacial score (nSPS) is 12.7. The van der Waals surface area contributed by atoms with Crippen molar-refractivity contribution < 1.29 is 19.1 Å². The van der Waals surface area contributed by atoms with Gasteiger partial charge in [0.1, 0.15) is 12.1 Å². The van der Waals surface area contributed by atoms with Gasteiger partial charge in [0.25, 0.3) is 0 Å². The van der Waals surface area contributed by atoms with Crippen LogP contribution in [-0.2, 0) is 19.1 Å². The molecule has 0 amide bonds. The lowest BCUT2D eigenvalue weighted by Crippen LogP contribution is -2.38. The summed E-state index contributed by atoms with van der Waals surface area (Å²) in [5, 5.41) is 6.18. The third kappa shape index (κ3) is 4.79. The van der Waals surface area contributed by atoms with E-state index in [0.29, 0.717) is 5.56 Å². The molecule has 0 saturated heterocycles. The first-order chi connectivity index (χ1) is 10.1. The van der Waals surface area contributed by atoms with Gasteiger partial charge in [-0.25, -0.2) is 4.79 Å². The van der Waals surface area contributed by atoms with Crippen molar-refractivity contribution in [2.75, 3.05) is 20.8 Å². The topological polar surface area (TPSA) is 113 Å². The van der Waals surface area contributed by atoms with Crippen LogP contribution < -0.4 is 5.32 Å². The predicted molar refractivity (Wildman–Crippen MR) is 74.2 cm³/mol. The highest BCUT2D eigenvalue weighted by Crippen LogP contribution is 2.14. The number of carbonyl (C=O) groups excluding carboxylic acids is 2. The van der Waals surface area contributed by atoms with Crippen molar-refractivity contribution in [3.05, 3.63) is 46.3 Å². The van der Waals surface area contributed by atoms with Gasteiger partial charge in [0.05, 0.1) is 14.2 Å². The van der Waals surface area contributed by atoms with Crippen LogP contribution in [0.4, 0.5) is 0 Å². The molecule has 1 aromatic rings. The van der Waals surface area contributed by atoms with Crippen LogP contribution in [0.2, 0.25) is 0 Å². The summed E-state index contributed by atoms with van der Waals surface area (Å²) in [6.07, 6.45) is 0. The van der Waals surface area contributed by atoms with Gasteiger partial charge in [-0.15, -0.1) is 0 Å². The number of carbonyl (C=O) groups is 2.